The zero-order valence-electron chi connectivity index (χ0n) is 26.5. The molecule has 3 N–H and O–H groups in total. The van der Waals surface area contributed by atoms with Crippen molar-refractivity contribution in [1.82, 2.24) is 15.1 Å². The van der Waals surface area contributed by atoms with Crippen LogP contribution in [0, 0.1) is 5.92 Å². The Morgan fingerprint density at radius 2 is 1.73 bits per heavy atom. The number of carbonyl (C=O) groups is 3. The number of methoxy groups -OCH3 is 1. The molecule has 1 aliphatic carbocycles. The lowest BCUT2D eigenvalue weighted by Crippen LogP contribution is -2.75. The second-order valence-corrected chi connectivity index (χ2v) is 12.8. The summed E-state index contributed by atoms with van der Waals surface area (Å²) in [5.41, 5.74) is 0.330. The Labute approximate surface area is 265 Å². The summed E-state index contributed by atoms with van der Waals surface area (Å²) < 4.78 is 11.3. The summed E-state index contributed by atoms with van der Waals surface area (Å²) in [6.07, 6.45) is 8.20. The van der Waals surface area contributed by atoms with Crippen LogP contribution in [-0.2, 0) is 16.1 Å². The molecule has 2 saturated heterocycles. The summed E-state index contributed by atoms with van der Waals surface area (Å²) in [6.45, 7) is 4.71. The minimum Gasteiger partial charge on any atom is -0.493 e. The molecule has 244 valence electrons. The number of piperidine rings is 1. The molecule has 0 unspecified atom stereocenters. The molecule has 5 rings (SSSR count). The highest BCUT2D eigenvalue weighted by Crippen LogP contribution is 2.37. The Balaban J connectivity index is 1.22. The van der Waals surface area contributed by atoms with Gasteiger partial charge in [-0.15, -0.1) is 0 Å². The van der Waals surface area contributed by atoms with Crippen molar-refractivity contribution in [2.24, 2.45) is 5.92 Å². The molecule has 1 saturated carbocycles. The zero-order valence-corrected chi connectivity index (χ0v) is 26.5. The molecule has 10 heteroatoms. The Hall–Kier alpha value is -3.63. The maximum atomic E-state index is 13.9. The lowest BCUT2D eigenvalue weighted by molar-refractivity contribution is -0.166. The highest BCUT2D eigenvalue weighted by atomic mass is 16.5. The van der Waals surface area contributed by atoms with Gasteiger partial charge in [-0.1, -0.05) is 51.2 Å². The van der Waals surface area contributed by atoms with Gasteiger partial charge in [-0.3, -0.25) is 14.5 Å². The van der Waals surface area contributed by atoms with Crippen LogP contribution >= 0.6 is 0 Å². The van der Waals surface area contributed by atoms with Crippen molar-refractivity contribution >= 4 is 17.8 Å². The number of likely N-dealkylation sites (tertiary alicyclic amines) is 1. The van der Waals surface area contributed by atoms with E-state index in [9.17, 15) is 24.6 Å². The fraction of sp³-hybridized carbons (Fsp3) is 0.571. The normalized spacial score (nSPS) is 21.4. The first-order valence-electron chi connectivity index (χ1n) is 16.5. The fourth-order valence-electron chi connectivity index (χ4n) is 7.17. The van der Waals surface area contributed by atoms with Gasteiger partial charge in [0, 0.05) is 26.2 Å². The van der Waals surface area contributed by atoms with E-state index in [1.165, 1.54) is 19.2 Å². The van der Waals surface area contributed by atoms with E-state index in [0.717, 1.165) is 56.9 Å². The quantitative estimate of drug-likeness (QED) is 0.283. The molecule has 2 aromatic carbocycles. The number of rotatable bonds is 12. The largest absolute Gasteiger partial charge is 0.493 e. The summed E-state index contributed by atoms with van der Waals surface area (Å²) in [7, 11) is 1.47. The third kappa shape index (κ3) is 7.28. The van der Waals surface area contributed by atoms with Gasteiger partial charge >= 0.3 is 5.97 Å². The smallest absolute Gasteiger partial charge is 0.335 e. The van der Waals surface area contributed by atoms with E-state index in [4.69, 9.17) is 9.47 Å². The topological polar surface area (TPSA) is 129 Å². The van der Waals surface area contributed by atoms with Gasteiger partial charge in [0.1, 0.15) is 17.3 Å². The van der Waals surface area contributed by atoms with Gasteiger partial charge in [0.2, 0.25) is 11.8 Å². The van der Waals surface area contributed by atoms with Gasteiger partial charge in [0.25, 0.3) is 0 Å². The SMILES string of the molecule is CCCCCN1C(=O)[C@@H]([C@H](O)C2CCCCC2)NC(=O)C12CCN(Cc1ccc(Oc3ccc(C(=O)O)cc3OC)cc1)CC2. The molecule has 2 aliphatic heterocycles. The zero-order chi connectivity index (χ0) is 32.0. The molecular weight excluding hydrogens is 574 g/mol. The molecule has 2 atom stereocenters. The number of carboxylic acid groups (broad SMARTS) is 1. The number of piperazine rings is 1. The molecule has 0 radical (unpaired) electrons. The lowest BCUT2D eigenvalue weighted by Gasteiger charge is -2.52. The molecule has 2 aromatic rings. The van der Waals surface area contributed by atoms with Gasteiger partial charge in [-0.05, 0) is 73.9 Å². The van der Waals surface area contributed by atoms with Crippen molar-refractivity contribution in [2.45, 2.75) is 95.4 Å². The molecule has 45 heavy (non-hydrogen) atoms. The van der Waals surface area contributed by atoms with Gasteiger partial charge in [0.15, 0.2) is 11.5 Å². The Morgan fingerprint density at radius 3 is 2.38 bits per heavy atom. The van der Waals surface area contributed by atoms with Crippen LogP contribution < -0.4 is 14.8 Å². The molecule has 1 spiro atoms. The van der Waals surface area contributed by atoms with E-state index in [1.807, 2.05) is 29.2 Å². The predicted molar refractivity (Wildman–Crippen MR) is 169 cm³/mol. The highest BCUT2D eigenvalue weighted by molar-refractivity contribution is 6.00. The molecule has 3 aliphatic rings. The Morgan fingerprint density at radius 1 is 1.02 bits per heavy atom. The van der Waals surface area contributed by atoms with Crippen LogP contribution in [-0.4, -0.2) is 82.2 Å². The standard InChI is InChI=1S/C35H47N3O7/c1-3-4-8-19-38-32(40)30(31(39)25-9-6-5-7-10-25)36-34(43)35(38)17-20-37(21-18-35)23-24-11-14-27(15-12-24)45-28-16-13-26(33(41)42)22-29(28)44-2/h11-16,22,25,30-31,39H,3-10,17-21,23H2,1-2H3,(H,36,43)(H,41,42)/t30-,31-/m1/s1. The van der Waals surface area contributed by atoms with Crippen LogP contribution in [0.15, 0.2) is 42.5 Å². The van der Waals surface area contributed by atoms with Crippen LogP contribution in [0.1, 0.15) is 87.1 Å². The van der Waals surface area contributed by atoms with E-state index in [0.29, 0.717) is 56.3 Å². The molecule has 10 nitrogen and oxygen atoms in total. The van der Waals surface area contributed by atoms with E-state index in [2.05, 4.69) is 17.1 Å². The second-order valence-electron chi connectivity index (χ2n) is 12.8. The maximum Gasteiger partial charge on any atom is 0.335 e. The van der Waals surface area contributed by atoms with Crippen molar-refractivity contribution in [2.75, 3.05) is 26.7 Å². The molecular formula is C35H47N3O7. The summed E-state index contributed by atoms with van der Waals surface area (Å²) in [4.78, 5) is 43.2. The molecule has 2 amide bonds. The first kappa shape index (κ1) is 32.8. The van der Waals surface area contributed by atoms with Crippen LogP contribution in [0.2, 0.25) is 0 Å². The molecule has 3 fully saturated rings. The first-order chi connectivity index (χ1) is 21.8. The average Bonchev–Trinajstić information content (AvgIpc) is 3.06. The lowest BCUT2D eigenvalue weighted by atomic mass is 9.78. The van der Waals surface area contributed by atoms with Crippen LogP contribution in [0.4, 0.5) is 0 Å². The highest BCUT2D eigenvalue weighted by Gasteiger charge is 2.55. The minimum absolute atomic E-state index is 0.0534. The third-order valence-corrected chi connectivity index (χ3v) is 9.87. The van der Waals surface area contributed by atoms with Crippen molar-refractivity contribution < 1.29 is 34.1 Å². The number of ether oxygens (including phenoxy) is 2. The number of benzene rings is 2. The maximum absolute atomic E-state index is 13.9. The van der Waals surface area contributed by atoms with Gasteiger partial charge in [-0.25, -0.2) is 4.79 Å². The summed E-state index contributed by atoms with van der Waals surface area (Å²) in [6, 6.07) is 11.3. The number of carbonyl (C=O) groups excluding carboxylic acids is 2. The molecule has 2 heterocycles. The number of hydrogen-bond acceptors (Lipinski definition) is 7. The van der Waals surface area contributed by atoms with Crippen LogP contribution in [0.5, 0.6) is 17.2 Å². The Bertz CT molecular complexity index is 1330. The van der Waals surface area contributed by atoms with Crippen molar-refractivity contribution in [3.05, 3.63) is 53.6 Å². The summed E-state index contributed by atoms with van der Waals surface area (Å²) in [5, 5.41) is 23.5. The number of aliphatic hydroxyl groups excluding tert-OH is 1. The van der Waals surface area contributed by atoms with Gasteiger partial charge < -0.3 is 29.9 Å². The average molecular weight is 622 g/mol. The van der Waals surface area contributed by atoms with Crippen molar-refractivity contribution in [1.29, 1.82) is 0 Å². The Kier molecular flexibility index (Phi) is 10.7. The number of unbranched alkanes of at least 4 members (excludes halogenated alkanes) is 2. The summed E-state index contributed by atoms with van der Waals surface area (Å²) >= 11 is 0. The van der Waals surface area contributed by atoms with Crippen molar-refractivity contribution in [3.63, 3.8) is 0 Å². The first-order valence-corrected chi connectivity index (χ1v) is 16.5. The number of aromatic carboxylic acids is 1. The van der Waals surface area contributed by atoms with Gasteiger partial charge in [-0.2, -0.15) is 0 Å². The number of nitrogens with zero attached hydrogens (tertiary/aromatic N) is 2. The van der Waals surface area contributed by atoms with E-state index < -0.39 is 23.7 Å². The number of nitrogens with one attached hydrogen (secondary N) is 1. The minimum atomic E-state index is -1.04. The van der Waals surface area contributed by atoms with Crippen LogP contribution in [0.25, 0.3) is 0 Å². The predicted octanol–water partition coefficient (Wildman–Crippen LogP) is 4.98. The van der Waals surface area contributed by atoms with E-state index >= 15 is 0 Å². The number of carboxylic acids is 1. The second kappa shape index (κ2) is 14.6. The fourth-order valence-corrected chi connectivity index (χ4v) is 7.17. The molecule has 0 aromatic heterocycles. The summed E-state index contributed by atoms with van der Waals surface area (Å²) in [5.74, 6) is 0.137. The van der Waals surface area contributed by atoms with Gasteiger partial charge in [0.05, 0.1) is 18.8 Å². The van der Waals surface area contributed by atoms with Crippen LogP contribution in [0.3, 0.4) is 0 Å². The number of aliphatic hydroxyl groups is 1. The van der Waals surface area contributed by atoms with E-state index in [1.54, 1.807) is 6.07 Å². The number of amides is 2. The number of hydrogen-bond donors (Lipinski definition) is 3. The van der Waals surface area contributed by atoms with E-state index in [-0.39, 0.29) is 23.3 Å². The third-order valence-electron chi connectivity index (χ3n) is 9.87. The monoisotopic (exact) mass is 621 g/mol. The van der Waals surface area contributed by atoms with Crippen molar-refractivity contribution in [3.8, 4) is 17.2 Å². The molecule has 0 bridgehead atoms.